The SMILES string of the molecule is C=CCONCc1ccc(O)c2c1C[C@H]1C[C@H]3[C@H](N(C)C)C(=O)C(C(N)=O)=C(O)[C@@]3(O)C(=O)C1=C2O. The Morgan fingerprint density at radius 3 is 2.61 bits per heavy atom. The minimum Gasteiger partial charge on any atom is -0.508 e. The Kier molecular flexibility index (Phi) is 6.52. The van der Waals surface area contributed by atoms with Crippen molar-refractivity contribution in [2.75, 3.05) is 20.7 Å². The number of carbonyl (C=O) groups is 3. The maximum absolute atomic E-state index is 13.8. The average Bonchev–Trinajstić information content (AvgIpc) is 2.80. The van der Waals surface area contributed by atoms with Crippen LogP contribution in [-0.2, 0) is 32.2 Å². The fourth-order valence-electron chi connectivity index (χ4n) is 5.72. The molecule has 0 aromatic heterocycles. The number of hydrogen-bond acceptors (Lipinski definition) is 10. The van der Waals surface area contributed by atoms with Crippen LogP contribution in [0.4, 0.5) is 0 Å². The number of carbonyl (C=O) groups excluding carboxylic acids is 3. The molecule has 0 unspecified atom stereocenters. The van der Waals surface area contributed by atoms with Crippen LogP contribution in [0.2, 0.25) is 0 Å². The van der Waals surface area contributed by atoms with E-state index in [2.05, 4.69) is 12.1 Å². The number of Topliss-reactive ketones (excluding diaryl/α,β-unsaturated/α-hetero) is 2. The van der Waals surface area contributed by atoms with E-state index in [1.54, 1.807) is 26.2 Å². The van der Waals surface area contributed by atoms with Crippen LogP contribution in [0.3, 0.4) is 0 Å². The van der Waals surface area contributed by atoms with E-state index in [-0.39, 0.29) is 42.9 Å². The normalized spacial score (nSPS) is 27.6. The second-order valence-electron chi connectivity index (χ2n) is 9.48. The first-order valence-electron chi connectivity index (χ1n) is 11.4. The summed E-state index contributed by atoms with van der Waals surface area (Å²) >= 11 is 0. The predicted molar refractivity (Wildman–Crippen MR) is 127 cm³/mol. The molecule has 4 rings (SSSR count). The van der Waals surface area contributed by atoms with Crippen molar-refractivity contribution in [1.82, 2.24) is 10.4 Å². The van der Waals surface area contributed by atoms with Gasteiger partial charge in [-0.2, -0.15) is 5.48 Å². The van der Waals surface area contributed by atoms with Gasteiger partial charge in [-0.15, -0.1) is 6.58 Å². The van der Waals surface area contributed by atoms with Crippen LogP contribution < -0.4 is 11.2 Å². The lowest BCUT2D eigenvalue weighted by molar-refractivity contribution is -0.153. The monoisotopic (exact) mass is 499 g/mol. The molecule has 3 aliphatic carbocycles. The molecule has 3 aliphatic rings. The lowest BCUT2D eigenvalue weighted by atomic mass is 9.57. The van der Waals surface area contributed by atoms with Gasteiger partial charge in [0.05, 0.1) is 18.2 Å². The summed E-state index contributed by atoms with van der Waals surface area (Å²) in [4.78, 5) is 45.6. The zero-order valence-corrected chi connectivity index (χ0v) is 19.9. The second kappa shape index (κ2) is 9.17. The molecule has 1 amide bonds. The smallest absolute Gasteiger partial charge is 0.255 e. The number of amides is 1. The molecule has 0 spiro atoms. The Balaban J connectivity index is 1.87. The molecule has 1 saturated carbocycles. The summed E-state index contributed by atoms with van der Waals surface area (Å²) in [7, 11) is 3.11. The molecular weight excluding hydrogens is 470 g/mol. The molecule has 192 valence electrons. The van der Waals surface area contributed by atoms with E-state index >= 15 is 0 Å². The minimum atomic E-state index is -2.65. The van der Waals surface area contributed by atoms with E-state index in [1.165, 1.54) is 11.0 Å². The van der Waals surface area contributed by atoms with E-state index in [0.717, 1.165) is 0 Å². The van der Waals surface area contributed by atoms with Crippen molar-refractivity contribution in [3.8, 4) is 5.75 Å². The molecule has 7 N–H and O–H groups in total. The number of ketones is 2. The van der Waals surface area contributed by atoms with Crippen LogP contribution in [-0.4, -0.2) is 75.1 Å². The van der Waals surface area contributed by atoms with Gasteiger partial charge in [0.25, 0.3) is 5.91 Å². The number of fused-ring (bicyclic) bond motifs is 3. The molecule has 0 heterocycles. The van der Waals surface area contributed by atoms with Gasteiger partial charge in [-0.25, -0.2) is 0 Å². The minimum absolute atomic E-state index is 0.0290. The highest BCUT2D eigenvalue weighted by Gasteiger charge is 2.64. The van der Waals surface area contributed by atoms with Crippen molar-refractivity contribution < 1.29 is 39.6 Å². The number of rotatable bonds is 7. The van der Waals surface area contributed by atoms with Gasteiger partial charge in [-0.3, -0.25) is 24.1 Å². The highest BCUT2D eigenvalue weighted by molar-refractivity contribution is 6.24. The maximum atomic E-state index is 13.8. The Labute approximate surface area is 207 Å². The van der Waals surface area contributed by atoms with Gasteiger partial charge in [-0.05, 0) is 50.0 Å². The van der Waals surface area contributed by atoms with E-state index in [1.807, 2.05) is 0 Å². The molecule has 1 aromatic rings. The van der Waals surface area contributed by atoms with Crippen molar-refractivity contribution in [3.05, 3.63) is 58.4 Å². The fraction of sp³-hybridized carbons (Fsp3) is 0.400. The van der Waals surface area contributed by atoms with Crippen LogP contribution >= 0.6 is 0 Å². The number of nitrogens with two attached hydrogens (primary N) is 1. The number of nitrogens with zero attached hydrogens (tertiary/aromatic N) is 1. The van der Waals surface area contributed by atoms with Gasteiger partial charge in [0.1, 0.15) is 22.8 Å². The van der Waals surface area contributed by atoms with Gasteiger partial charge in [-0.1, -0.05) is 12.1 Å². The molecular formula is C25H29N3O8. The van der Waals surface area contributed by atoms with Crippen molar-refractivity contribution in [3.63, 3.8) is 0 Å². The first-order chi connectivity index (χ1) is 17.0. The number of phenolic OH excluding ortho intramolecular Hbond substituents is 1. The van der Waals surface area contributed by atoms with E-state index in [4.69, 9.17) is 10.6 Å². The Morgan fingerprint density at radius 2 is 2.00 bits per heavy atom. The number of benzene rings is 1. The molecule has 1 aromatic carbocycles. The average molecular weight is 500 g/mol. The largest absolute Gasteiger partial charge is 0.508 e. The third-order valence-corrected chi connectivity index (χ3v) is 7.27. The number of nitrogens with one attached hydrogen (secondary N) is 1. The summed E-state index contributed by atoms with van der Waals surface area (Å²) in [6, 6.07) is 1.91. The Hall–Kier alpha value is -3.51. The maximum Gasteiger partial charge on any atom is 0.255 e. The zero-order chi connectivity index (χ0) is 26.5. The number of aliphatic hydroxyl groups is 3. The number of aromatic hydroxyl groups is 1. The van der Waals surface area contributed by atoms with Gasteiger partial charge >= 0.3 is 0 Å². The summed E-state index contributed by atoms with van der Waals surface area (Å²) in [6.45, 7) is 4.06. The highest BCUT2D eigenvalue weighted by Crippen LogP contribution is 2.52. The topological polar surface area (TPSA) is 183 Å². The van der Waals surface area contributed by atoms with Gasteiger partial charge < -0.3 is 26.2 Å². The number of hydroxylamine groups is 1. The molecule has 11 nitrogen and oxygen atoms in total. The van der Waals surface area contributed by atoms with Crippen molar-refractivity contribution in [1.29, 1.82) is 0 Å². The third kappa shape index (κ3) is 3.63. The first kappa shape index (κ1) is 25.6. The summed E-state index contributed by atoms with van der Waals surface area (Å²) in [5.41, 5.74) is 5.73. The van der Waals surface area contributed by atoms with Crippen molar-refractivity contribution in [2.45, 2.75) is 31.0 Å². The van der Waals surface area contributed by atoms with Gasteiger partial charge in [0, 0.05) is 18.0 Å². The number of likely N-dealkylation sites (N-methyl/N-ethyl adjacent to an activating group) is 1. The molecule has 0 saturated heterocycles. The highest BCUT2D eigenvalue weighted by atomic mass is 16.6. The molecule has 11 heteroatoms. The molecule has 1 fully saturated rings. The number of aliphatic hydroxyl groups excluding tert-OH is 2. The summed E-state index contributed by atoms with van der Waals surface area (Å²) in [6.07, 6.45) is 1.80. The van der Waals surface area contributed by atoms with Crippen LogP contribution in [0, 0.1) is 11.8 Å². The van der Waals surface area contributed by atoms with Crippen LogP contribution in [0.1, 0.15) is 23.1 Å². The van der Waals surface area contributed by atoms with Crippen LogP contribution in [0.5, 0.6) is 5.75 Å². The molecule has 0 bridgehead atoms. The second-order valence-corrected chi connectivity index (χ2v) is 9.48. The van der Waals surface area contributed by atoms with Crippen molar-refractivity contribution >= 4 is 23.2 Å². The zero-order valence-electron chi connectivity index (χ0n) is 19.9. The number of primary amides is 1. The predicted octanol–water partition coefficient (Wildman–Crippen LogP) is 0.171. The van der Waals surface area contributed by atoms with E-state index in [0.29, 0.717) is 11.1 Å². The molecule has 0 radical (unpaired) electrons. The number of phenols is 1. The Bertz CT molecular complexity index is 1230. The van der Waals surface area contributed by atoms with E-state index < -0.39 is 58.0 Å². The lowest BCUT2D eigenvalue weighted by Gasteiger charge is -2.50. The van der Waals surface area contributed by atoms with Gasteiger partial charge in [0.15, 0.2) is 11.4 Å². The summed E-state index contributed by atoms with van der Waals surface area (Å²) < 4.78 is 0. The van der Waals surface area contributed by atoms with Gasteiger partial charge in [0.2, 0.25) is 5.78 Å². The lowest BCUT2D eigenvalue weighted by Crippen LogP contribution is -2.65. The summed E-state index contributed by atoms with van der Waals surface area (Å²) in [5, 5.41) is 44.2. The first-order valence-corrected chi connectivity index (χ1v) is 11.4. The fourth-order valence-corrected chi connectivity index (χ4v) is 5.72. The van der Waals surface area contributed by atoms with Crippen LogP contribution in [0.15, 0.2) is 41.7 Å². The third-order valence-electron chi connectivity index (χ3n) is 7.27. The molecule has 0 aliphatic heterocycles. The summed E-state index contributed by atoms with van der Waals surface area (Å²) in [5.74, 6) is -6.77. The van der Waals surface area contributed by atoms with Crippen molar-refractivity contribution in [2.24, 2.45) is 17.6 Å². The number of hydrogen-bond donors (Lipinski definition) is 6. The molecule has 36 heavy (non-hydrogen) atoms. The molecule has 4 atom stereocenters. The van der Waals surface area contributed by atoms with Crippen LogP contribution in [0.25, 0.3) is 5.76 Å². The standard InChI is InChI=1S/C25H29N3O8/c1-4-7-36-27-10-11-5-6-15(29)17-13(11)8-12-9-14-19(28(2)3)21(31)18(24(26)34)23(33)25(14,35)22(32)16(12)20(17)30/h4-6,12,14,19,27,29-30,33,35H,1,7-10H2,2-3H3,(H2,26,34)/t12-,14-,19-,25-/m0/s1. The Morgan fingerprint density at radius 1 is 1.31 bits per heavy atom. The van der Waals surface area contributed by atoms with E-state index in [9.17, 15) is 34.8 Å². The quantitative estimate of drug-likeness (QED) is 0.131.